The van der Waals surface area contributed by atoms with Crippen molar-refractivity contribution in [3.63, 3.8) is 0 Å². The second-order valence-corrected chi connectivity index (χ2v) is 3.90. The Morgan fingerprint density at radius 3 is 2.62 bits per heavy atom. The third-order valence-corrected chi connectivity index (χ3v) is 2.27. The zero-order chi connectivity index (χ0) is 12.1. The highest BCUT2D eigenvalue weighted by Gasteiger charge is 2.22. The number of halogens is 1. The molecule has 1 aromatic carbocycles. The van der Waals surface area contributed by atoms with E-state index in [2.05, 4.69) is 10.1 Å². The van der Waals surface area contributed by atoms with E-state index in [4.69, 9.17) is 0 Å². The van der Waals surface area contributed by atoms with E-state index in [-0.39, 0.29) is 17.7 Å². The van der Waals surface area contributed by atoms with E-state index < -0.39 is 6.04 Å². The Kier molecular flexibility index (Phi) is 4.28. The fourth-order valence-corrected chi connectivity index (χ4v) is 1.38. The van der Waals surface area contributed by atoms with E-state index in [1.165, 1.54) is 19.2 Å². The molecule has 88 valence electrons. The van der Waals surface area contributed by atoms with Crippen molar-refractivity contribution in [3.8, 4) is 0 Å². The molecular formula is C12H16FNO2. The lowest BCUT2D eigenvalue weighted by atomic mass is 10.0. The van der Waals surface area contributed by atoms with Gasteiger partial charge in [0.25, 0.3) is 0 Å². The number of carbonyl (C=O) groups excluding carboxylic acids is 1. The number of hydrogen-bond acceptors (Lipinski definition) is 3. The summed E-state index contributed by atoms with van der Waals surface area (Å²) in [4.78, 5) is 11.5. The van der Waals surface area contributed by atoms with Crippen molar-refractivity contribution in [1.29, 1.82) is 0 Å². The first-order valence-electron chi connectivity index (χ1n) is 5.14. The quantitative estimate of drug-likeness (QED) is 0.800. The number of carbonyl (C=O) groups is 1. The summed E-state index contributed by atoms with van der Waals surface area (Å²) in [7, 11) is 1.34. The van der Waals surface area contributed by atoms with E-state index in [0.717, 1.165) is 0 Å². The van der Waals surface area contributed by atoms with Crippen molar-refractivity contribution in [1.82, 2.24) is 0 Å². The minimum absolute atomic E-state index is 0.0655. The Hall–Kier alpha value is -1.58. The number of anilines is 1. The number of nitrogens with one attached hydrogen (secondary N) is 1. The minimum Gasteiger partial charge on any atom is -0.467 e. The SMILES string of the molecule is COC(=O)C(Nc1cccc(F)c1)C(C)C. The van der Waals surface area contributed by atoms with Crippen LogP contribution in [0.3, 0.4) is 0 Å². The molecule has 1 N–H and O–H groups in total. The fourth-order valence-electron chi connectivity index (χ4n) is 1.38. The third-order valence-electron chi connectivity index (χ3n) is 2.27. The monoisotopic (exact) mass is 225 g/mol. The smallest absolute Gasteiger partial charge is 0.328 e. The van der Waals surface area contributed by atoms with Gasteiger partial charge >= 0.3 is 5.97 Å². The maximum atomic E-state index is 12.9. The van der Waals surface area contributed by atoms with Gasteiger partial charge in [0, 0.05) is 5.69 Å². The number of rotatable bonds is 4. The molecule has 0 bridgehead atoms. The summed E-state index contributed by atoms with van der Waals surface area (Å²) >= 11 is 0. The highest BCUT2D eigenvalue weighted by Crippen LogP contribution is 2.14. The number of ether oxygens (including phenoxy) is 1. The van der Waals surface area contributed by atoms with Crippen LogP contribution in [-0.4, -0.2) is 19.1 Å². The standard InChI is InChI=1S/C12H16FNO2/c1-8(2)11(12(15)16-3)14-10-6-4-5-9(13)7-10/h4-8,11,14H,1-3H3. The second-order valence-electron chi connectivity index (χ2n) is 3.90. The molecule has 16 heavy (non-hydrogen) atoms. The Labute approximate surface area is 94.6 Å². The largest absolute Gasteiger partial charge is 0.467 e. The van der Waals surface area contributed by atoms with Crippen LogP contribution in [0.1, 0.15) is 13.8 Å². The molecule has 0 aliphatic carbocycles. The zero-order valence-electron chi connectivity index (χ0n) is 9.66. The van der Waals surface area contributed by atoms with Crippen LogP contribution in [0.15, 0.2) is 24.3 Å². The van der Waals surface area contributed by atoms with Crippen molar-refractivity contribution < 1.29 is 13.9 Å². The predicted molar refractivity (Wildman–Crippen MR) is 60.7 cm³/mol. The first-order valence-corrected chi connectivity index (χ1v) is 5.14. The van der Waals surface area contributed by atoms with E-state index in [0.29, 0.717) is 5.69 Å². The molecule has 0 aliphatic heterocycles. The number of methoxy groups -OCH3 is 1. The minimum atomic E-state index is -0.466. The van der Waals surface area contributed by atoms with E-state index in [9.17, 15) is 9.18 Å². The molecule has 1 rings (SSSR count). The van der Waals surface area contributed by atoms with Crippen molar-refractivity contribution in [3.05, 3.63) is 30.1 Å². The van der Waals surface area contributed by atoms with Gasteiger partial charge in [0.1, 0.15) is 11.9 Å². The van der Waals surface area contributed by atoms with Gasteiger partial charge in [-0.2, -0.15) is 0 Å². The van der Waals surface area contributed by atoms with Crippen LogP contribution in [0.4, 0.5) is 10.1 Å². The topological polar surface area (TPSA) is 38.3 Å². The maximum absolute atomic E-state index is 12.9. The van der Waals surface area contributed by atoms with Crippen LogP contribution in [-0.2, 0) is 9.53 Å². The van der Waals surface area contributed by atoms with Crippen LogP contribution in [0.2, 0.25) is 0 Å². The Morgan fingerprint density at radius 2 is 2.12 bits per heavy atom. The fraction of sp³-hybridized carbons (Fsp3) is 0.417. The summed E-state index contributed by atoms with van der Waals surface area (Å²) in [6.07, 6.45) is 0. The molecule has 4 heteroatoms. The van der Waals surface area contributed by atoms with Gasteiger partial charge in [-0.1, -0.05) is 19.9 Å². The molecule has 0 saturated heterocycles. The third kappa shape index (κ3) is 3.22. The Balaban J connectivity index is 2.79. The first kappa shape index (κ1) is 12.5. The predicted octanol–water partition coefficient (Wildman–Crippen LogP) is 2.44. The molecule has 0 aliphatic rings. The van der Waals surface area contributed by atoms with Crippen molar-refractivity contribution in [2.75, 3.05) is 12.4 Å². The van der Waals surface area contributed by atoms with Crippen molar-refractivity contribution in [2.45, 2.75) is 19.9 Å². The second kappa shape index (κ2) is 5.49. The van der Waals surface area contributed by atoms with Crippen LogP contribution in [0, 0.1) is 11.7 Å². The van der Waals surface area contributed by atoms with E-state index in [1.54, 1.807) is 12.1 Å². The zero-order valence-corrected chi connectivity index (χ0v) is 9.66. The molecule has 0 aromatic heterocycles. The Bertz CT molecular complexity index is 366. The molecular weight excluding hydrogens is 209 g/mol. The molecule has 3 nitrogen and oxygen atoms in total. The maximum Gasteiger partial charge on any atom is 0.328 e. The lowest BCUT2D eigenvalue weighted by Crippen LogP contribution is -2.35. The van der Waals surface area contributed by atoms with Crippen molar-refractivity contribution in [2.24, 2.45) is 5.92 Å². The molecule has 1 unspecified atom stereocenters. The van der Waals surface area contributed by atoms with Gasteiger partial charge in [0.2, 0.25) is 0 Å². The van der Waals surface area contributed by atoms with Gasteiger partial charge in [0.15, 0.2) is 0 Å². The Morgan fingerprint density at radius 1 is 1.44 bits per heavy atom. The summed E-state index contributed by atoms with van der Waals surface area (Å²) in [5.74, 6) is -0.618. The van der Waals surface area contributed by atoms with Crippen LogP contribution in [0.25, 0.3) is 0 Å². The number of hydrogen-bond donors (Lipinski definition) is 1. The summed E-state index contributed by atoms with van der Waals surface area (Å²) in [5.41, 5.74) is 0.573. The highest BCUT2D eigenvalue weighted by molar-refractivity contribution is 5.79. The van der Waals surface area contributed by atoms with Crippen LogP contribution >= 0.6 is 0 Å². The van der Waals surface area contributed by atoms with Crippen LogP contribution in [0.5, 0.6) is 0 Å². The number of benzene rings is 1. The van der Waals surface area contributed by atoms with Crippen LogP contribution < -0.4 is 5.32 Å². The summed E-state index contributed by atoms with van der Waals surface area (Å²) in [6.45, 7) is 3.79. The van der Waals surface area contributed by atoms with Gasteiger partial charge in [0.05, 0.1) is 7.11 Å². The lowest BCUT2D eigenvalue weighted by molar-refractivity contribution is -0.142. The molecule has 0 saturated carbocycles. The first-order chi connectivity index (χ1) is 7.54. The average molecular weight is 225 g/mol. The normalized spacial score (nSPS) is 12.3. The van der Waals surface area contributed by atoms with Gasteiger partial charge in [-0.3, -0.25) is 0 Å². The molecule has 0 fully saturated rings. The van der Waals surface area contributed by atoms with Gasteiger partial charge in [-0.25, -0.2) is 9.18 Å². The molecule has 0 spiro atoms. The summed E-state index contributed by atoms with van der Waals surface area (Å²) < 4.78 is 17.6. The molecule has 0 heterocycles. The molecule has 0 amide bonds. The molecule has 1 aromatic rings. The van der Waals surface area contributed by atoms with Gasteiger partial charge < -0.3 is 10.1 Å². The average Bonchev–Trinajstić information content (AvgIpc) is 2.24. The van der Waals surface area contributed by atoms with E-state index >= 15 is 0 Å². The van der Waals surface area contributed by atoms with E-state index in [1.807, 2.05) is 13.8 Å². The highest BCUT2D eigenvalue weighted by atomic mass is 19.1. The molecule has 1 atom stereocenters. The lowest BCUT2D eigenvalue weighted by Gasteiger charge is -2.20. The summed E-state index contributed by atoms with van der Waals surface area (Å²) in [6, 6.07) is 5.53. The summed E-state index contributed by atoms with van der Waals surface area (Å²) in [5, 5.41) is 2.96. The van der Waals surface area contributed by atoms with Gasteiger partial charge in [-0.05, 0) is 24.1 Å². The van der Waals surface area contributed by atoms with Crippen molar-refractivity contribution >= 4 is 11.7 Å². The number of esters is 1. The molecule has 0 radical (unpaired) electrons. The van der Waals surface area contributed by atoms with Gasteiger partial charge in [-0.15, -0.1) is 0 Å².